The minimum atomic E-state index is -0.634. The van der Waals surface area contributed by atoms with Crippen LogP contribution in [0.25, 0.3) is 0 Å². The van der Waals surface area contributed by atoms with Crippen molar-refractivity contribution in [2.45, 2.75) is 44.3 Å². The minimum Gasteiger partial charge on any atom is -0.352 e. The summed E-state index contributed by atoms with van der Waals surface area (Å²) in [5.74, 6) is -0.158. The lowest BCUT2D eigenvalue weighted by Gasteiger charge is -2.29. The van der Waals surface area contributed by atoms with Crippen LogP contribution in [0.5, 0.6) is 0 Å². The number of rotatable bonds is 8. The van der Waals surface area contributed by atoms with Gasteiger partial charge in [0.15, 0.2) is 0 Å². The zero-order chi connectivity index (χ0) is 21.6. The van der Waals surface area contributed by atoms with Gasteiger partial charge in [-0.2, -0.15) is 0 Å². The lowest BCUT2D eigenvalue weighted by atomic mass is 10.1. The summed E-state index contributed by atoms with van der Waals surface area (Å²) in [5.41, 5.74) is 0.799. The molecule has 0 aliphatic rings. The number of carbonyl (C=O) groups excluding carboxylic acids is 2. The molecule has 0 radical (unpaired) electrons. The Bertz CT molecular complexity index is 860. The number of hydrogen-bond donors (Lipinski definition) is 1. The Hall–Kier alpha value is -1.40. The highest BCUT2D eigenvalue weighted by molar-refractivity contribution is 8.00. The molecule has 8 heteroatoms. The van der Waals surface area contributed by atoms with E-state index in [1.807, 2.05) is 26.0 Å². The second-order valence-corrected chi connectivity index (χ2v) is 9.15. The summed E-state index contributed by atoms with van der Waals surface area (Å²) in [7, 11) is 0. The fraction of sp³-hybridized carbons (Fsp3) is 0.333. The van der Waals surface area contributed by atoms with E-state index in [0.29, 0.717) is 15.1 Å². The van der Waals surface area contributed by atoms with Gasteiger partial charge in [0.05, 0.1) is 15.8 Å². The predicted octanol–water partition coefficient (Wildman–Crippen LogP) is 5.68. The summed E-state index contributed by atoms with van der Waals surface area (Å²) in [6, 6.07) is 11.8. The average Bonchev–Trinajstić information content (AvgIpc) is 2.67. The largest absolute Gasteiger partial charge is 0.352 e. The van der Waals surface area contributed by atoms with Gasteiger partial charge in [0.1, 0.15) is 6.04 Å². The van der Waals surface area contributed by atoms with Gasteiger partial charge in [0.25, 0.3) is 0 Å². The van der Waals surface area contributed by atoms with Crippen molar-refractivity contribution in [3.63, 3.8) is 0 Å². The second-order valence-electron chi connectivity index (χ2n) is 6.85. The van der Waals surface area contributed by atoms with Crippen molar-refractivity contribution in [3.05, 3.63) is 63.1 Å². The highest BCUT2D eigenvalue weighted by atomic mass is 35.5. The van der Waals surface area contributed by atoms with Crippen molar-refractivity contribution >= 4 is 58.4 Å². The molecular formula is C21H23Cl3N2O2S. The van der Waals surface area contributed by atoms with Gasteiger partial charge in [0.2, 0.25) is 11.8 Å². The van der Waals surface area contributed by atoms with E-state index in [-0.39, 0.29) is 30.2 Å². The summed E-state index contributed by atoms with van der Waals surface area (Å²) in [6.07, 6.45) is 0. The first-order valence-corrected chi connectivity index (χ1v) is 11.2. The molecule has 2 aromatic rings. The van der Waals surface area contributed by atoms with Gasteiger partial charge < -0.3 is 10.2 Å². The fourth-order valence-corrected chi connectivity index (χ4v) is 3.81. The number of amides is 2. The van der Waals surface area contributed by atoms with Crippen LogP contribution in [0.2, 0.25) is 15.1 Å². The maximum absolute atomic E-state index is 13.0. The molecule has 0 fully saturated rings. The quantitative estimate of drug-likeness (QED) is 0.502. The zero-order valence-electron chi connectivity index (χ0n) is 16.4. The number of thioether (sulfide) groups is 1. The van der Waals surface area contributed by atoms with E-state index < -0.39 is 6.04 Å². The molecule has 2 aromatic carbocycles. The first kappa shape index (κ1) is 23.9. The van der Waals surface area contributed by atoms with Crippen LogP contribution in [-0.2, 0) is 16.1 Å². The molecule has 0 unspecified atom stereocenters. The zero-order valence-corrected chi connectivity index (χ0v) is 19.5. The van der Waals surface area contributed by atoms with E-state index in [4.69, 9.17) is 34.8 Å². The van der Waals surface area contributed by atoms with E-state index in [1.165, 1.54) is 11.8 Å². The van der Waals surface area contributed by atoms with Crippen LogP contribution in [-0.4, -0.2) is 34.6 Å². The van der Waals surface area contributed by atoms with E-state index in [1.54, 1.807) is 42.2 Å². The number of nitrogens with zero attached hydrogens (tertiary/aromatic N) is 1. The summed E-state index contributed by atoms with van der Waals surface area (Å²) < 4.78 is 0. The third kappa shape index (κ3) is 7.41. The van der Waals surface area contributed by atoms with Crippen LogP contribution in [0.4, 0.5) is 0 Å². The number of carbonyl (C=O) groups is 2. The highest BCUT2D eigenvalue weighted by Crippen LogP contribution is 2.25. The van der Waals surface area contributed by atoms with Crippen LogP contribution >= 0.6 is 46.6 Å². The first-order chi connectivity index (χ1) is 13.7. The lowest BCUT2D eigenvalue weighted by Crippen LogP contribution is -2.49. The van der Waals surface area contributed by atoms with Gasteiger partial charge in [-0.3, -0.25) is 9.59 Å². The number of hydrogen-bond acceptors (Lipinski definition) is 3. The second kappa shape index (κ2) is 11.1. The summed E-state index contributed by atoms with van der Waals surface area (Å²) in [5, 5.41) is 4.35. The number of benzene rings is 2. The average molecular weight is 474 g/mol. The van der Waals surface area contributed by atoms with Gasteiger partial charge in [-0.1, -0.05) is 40.9 Å². The molecule has 0 saturated carbocycles. The smallest absolute Gasteiger partial charge is 0.242 e. The first-order valence-electron chi connectivity index (χ1n) is 9.09. The molecule has 156 valence electrons. The Kier molecular flexibility index (Phi) is 9.15. The Morgan fingerprint density at radius 2 is 1.66 bits per heavy atom. The third-order valence-electron chi connectivity index (χ3n) is 4.11. The SMILES string of the molecule is CC(C)NC(=O)[C@H](C)N(Cc1ccc(Cl)c(Cl)c1)C(=O)CSc1ccc(Cl)cc1. The van der Waals surface area contributed by atoms with Gasteiger partial charge in [0, 0.05) is 22.5 Å². The molecule has 0 saturated heterocycles. The van der Waals surface area contributed by atoms with Crippen molar-refractivity contribution in [2.24, 2.45) is 0 Å². The molecule has 29 heavy (non-hydrogen) atoms. The van der Waals surface area contributed by atoms with E-state index >= 15 is 0 Å². The van der Waals surface area contributed by atoms with Crippen molar-refractivity contribution in [2.75, 3.05) is 5.75 Å². The van der Waals surface area contributed by atoms with E-state index in [2.05, 4.69) is 5.32 Å². The molecule has 0 aromatic heterocycles. The van der Waals surface area contributed by atoms with E-state index in [9.17, 15) is 9.59 Å². The normalized spacial score (nSPS) is 12.0. The molecular weight excluding hydrogens is 451 g/mol. The Labute approximate surface area is 190 Å². The molecule has 0 bridgehead atoms. The van der Waals surface area contributed by atoms with Gasteiger partial charge in [-0.25, -0.2) is 0 Å². The minimum absolute atomic E-state index is 0.0182. The van der Waals surface area contributed by atoms with Crippen LogP contribution in [0.15, 0.2) is 47.4 Å². The monoisotopic (exact) mass is 472 g/mol. The van der Waals surface area contributed by atoms with Crippen LogP contribution in [0.1, 0.15) is 26.3 Å². The van der Waals surface area contributed by atoms with Crippen LogP contribution in [0, 0.1) is 0 Å². The standard InChI is InChI=1S/C21H23Cl3N2O2S/c1-13(2)25-21(28)14(3)26(11-15-4-9-18(23)19(24)10-15)20(27)12-29-17-7-5-16(22)6-8-17/h4-10,13-14H,11-12H2,1-3H3,(H,25,28)/t14-/m0/s1. The highest BCUT2D eigenvalue weighted by Gasteiger charge is 2.26. The summed E-state index contributed by atoms with van der Waals surface area (Å²) in [4.78, 5) is 28.0. The Balaban J connectivity index is 2.17. The Morgan fingerprint density at radius 1 is 1.00 bits per heavy atom. The molecule has 0 aliphatic carbocycles. The molecule has 0 aliphatic heterocycles. The van der Waals surface area contributed by atoms with Crippen LogP contribution < -0.4 is 5.32 Å². The number of halogens is 3. The number of nitrogens with one attached hydrogen (secondary N) is 1. The third-order valence-corrected chi connectivity index (χ3v) is 6.10. The van der Waals surface area contributed by atoms with Crippen molar-refractivity contribution < 1.29 is 9.59 Å². The van der Waals surface area contributed by atoms with Gasteiger partial charge >= 0.3 is 0 Å². The maximum atomic E-state index is 13.0. The molecule has 0 spiro atoms. The molecule has 0 heterocycles. The predicted molar refractivity (Wildman–Crippen MR) is 122 cm³/mol. The van der Waals surface area contributed by atoms with Crippen molar-refractivity contribution in [1.29, 1.82) is 0 Å². The van der Waals surface area contributed by atoms with Crippen molar-refractivity contribution in [1.82, 2.24) is 10.2 Å². The molecule has 1 N–H and O–H groups in total. The molecule has 4 nitrogen and oxygen atoms in total. The van der Waals surface area contributed by atoms with Crippen molar-refractivity contribution in [3.8, 4) is 0 Å². The summed E-state index contributed by atoms with van der Waals surface area (Å²) >= 11 is 19.4. The molecule has 2 amide bonds. The van der Waals surface area contributed by atoms with Gasteiger partial charge in [-0.05, 0) is 62.7 Å². The lowest BCUT2D eigenvalue weighted by molar-refractivity contribution is -0.138. The van der Waals surface area contributed by atoms with E-state index in [0.717, 1.165) is 10.5 Å². The Morgan fingerprint density at radius 3 is 2.24 bits per heavy atom. The summed E-state index contributed by atoms with van der Waals surface area (Å²) in [6.45, 7) is 5.74. The fourth-order valence-electron chi connectivity index (χ4n) is 2.58. The molecule has 1 atom stereocenters. The topological polar surface area (TPSA) is 49.4 Å². The van der Waals surface area contributed by atoms with Gasteiger partial charge in [-0.15, -0.1) is 11.8 Å². The van der Waals surface area contributed by atoms with Crippen LogP contribution in [0.3, 0.4) is 0 Å². The maximum Gasteiger partial charge on any atom is 0.242 e. The molecule has 2 rings (SSSR count).